The third kappa shape index (κ3) is 1.25. The second-order valence-corrected chi connectivity index (χ2v) is 6.47. The van der Waals surface area contributed by atoms with Crippen LogP contribution in [-0.4, -0.2) is 28.1 Å². The molecule has 94 valence electrons. The van der Waals surface area contributed by atoms with E-state index in [1.165, 1.54) is 12.2 Å². The van der Waals surface area contributed by atoms with Crippen molar-refractivity contribution in [2.24, 2.45) is 18.4 Å². The average Bonchev–Trinajstić information content (AvgIpc) is 2.85. The molecule has 0 spiro atoms. The van der Waals surface area contributed by atoms with Gasteiger partial charge in [0.1, 0.15) is 0 Å². The van der Waals surface area contributed by atoms with Crippen LogP contribution in [0.15, 0.2) is 18.3 Å². The topological polar surface area (TPSA) is 8.17 Å². The Morgan fingerprint density at radius 2 is 1.94 bits per heavy atom. The number of aryl methyl sites for hydroxylation is 1. The van der Waals surface area contributed by atoms with Gasteiger partial charge in [-0.2, -0.15) is 0 Å². The van der Waals surface area contributed by atoms with Crippen LogP contribution in [0.25, 0.3) is 0 Å². The van der Waals surface area contributed by atoms with Crippen molar-refractivity contribution in [1.29, 1.82) is 0 Å². The predicted molar refractivity (Wildman–Crippen MR) is 71.1 cm³/mol. The smallest absolute Gasteiger partial charge is 0.0224 e. The third-order valence-electron chi connectivity index (χ3n) is 5.83. The van der Waals surface area contributed by atoms with Gasteiger partial charge in [0.05, 0.1) is 0 Å². The van der Waals surface area contributed by atoms with Gasteiger partial charge in [0.15, 0.2) is 0 Å². The molecule has 2 aliphatic rings. The Hall–Kier alpha value is -0.760. The molecule has 0 N–H and O–H groups in total. The summed E-state index contributed by atoms with van der Waals surface area (Å²) in [6.07, 6.45) is 2.18. The minimum Gasteiger partial charge on any atom is -0.354 e. The van der Waals surface area contributed by atoms with Crippen LogP contribution in [0.1, 0.15) is 39.3 Å². The molecule has 2 saturated heterocycles. The van der Waals surface area contributed by atoms with Crippen molar-refractivity contribution in [2.45, 2.75) is 45.7 Å². The number of fused-ring (bicyclic) bond motifs is 2. The maximum atomic E-state index is 2.71. The summed E-state index contributed by atoms with van der Waals surface area (Å²) in [6.45, 7) is 11.0. The summed E-state index contributed by atoms with van der Waals surface area (Å²) in [6, 6.07) is 5.92. The van der Waals surface area contributed by atoms with Gasteiger partial charge in [-0.15, -0.1) is 0 Å². The van der Waals surface area contributed by atoms with Crippen molar-refractivity contribution in [3.63, 3.8) is 0 Å². The molecule has 1 aromatic rings. The fourth-order valence-electron chi connectivity index (χ4n) is 4.54. The highest BCUT2D eigenvalue weighted by Crippen LogP contribution is 2.58. The van der Waals surface area contributed by atoms with Crippen molar-refractivity contribution >= 4 is 0 Å². The first-order valence-corrected chi connectivity index (χ1v) is 6.84. The molecule has 2 nitrogen and oxygen atoms in total. The van der Waals surface area contributed by atoms with Crippen LogP contribution in [0.3, 0.4) is 0 Å². The number of piperidine rings is 1. The minimum absolute atomic E-state index is 0.449. The number of hydrogen-bond acceptors (Lipinski definition) is 1. The Labute approximate surface area is 105 Å². The first-order valence-electron chi connectivity index (χ1n) is 6.84. The molecule has 0 aliphatic carbocycles. The fourth-order valence-corrected chi connectivity index (χ4v) is 4.54. The number of nitrogens with zero attached hydrogens (tertiary/aromatic N) is 2. The lowest BCUT2D eigenvalue weighted by atomic mass is 9.65. The Balaban J connectivity index is 2.05. The van der Waals surface area contributed by atoms with Gasteiger partial charge in [-0.25, -0.2) is 0 Å². The van der Waals surface area contributed by atoms with Crippen molar-refractivity contribution < 1.29 is 0 Å². The second kappa shape index (κ2) is 3.38. The van der Waals surface area contributed by atoms with Gasteiger partial charge in [0.2, 0.25) is 0 Å². The van der Waals surface area contributed by atoms with Crippen LogP contribution in [0.2, 0.25) is 0 Å². The number of aromatic nitrogens is 1. The maximum Gasteiger partial charge on any atom is 0.0224 e. The Morgan fingerprint density at radius 3 is 2.47 bits per heavy atom. The molecular weight excluding hydrogens is 208 g/mol. The van der Waals surface area contributed by atoms with Crippen molar-refractivity contribution in [1.82, 2.24) is 9.47 Å². The van der Waals surface area contributed by atoms with Gasteiger partial charge in [0.25, 0.3) is 0 Å². The van der Waals surface area contributed by atoms with Crippen LogP contribution in [0, 0.1) is 11.3 Å². The first kappa shape index (κ1) is 11.3. The predicted octanol–water partition coefficient (Wildman–Crippen LogP) is 2.86. The summed E-state index contributed by atoms with van der Waals surface area (Å²) in [4.78, 5) is 2.71. The normalized spacial score (nSPS) is 48.9. The highest BCUT2D eigenvalue weighted by Gasteiger charge is 2.60. The molecule has 6 unspecified atom stereocenters. The van der Waals surface area contributed by atoms with Crippen molar-refractivity contribution in [3.05, 3.63) is 24.0 Å². The SMILES string of the molecule is CC1C(C)C2(C)CN1C(C)C2c1cccn1C. The Bertz CT molecular complexity index is 436. The van der Waals surface area contributed by atoms with Gasteiger partial charge in [-0.05, 0) is 37.3 Å². The highest BCUT2D eigenvalue weighted by atomic mass is 15.3. The number of rotatable bonds is 1. The summed E-state index contributed by atoms with van der Waals surface area (Å²) in [7, 11) is 2.18. The average molecular weight is 232 g/mol. The van der Waals surface area contributed by atoms with Gasteiger partial charge in [-0.1, -0.05) is 13.8 Å². The van der Waals surface area contributed by atoms with Gasteiger partial charge in [-0.3, -0.25) is 4.90 Å². The van der Waals surface area contributed by atoms with Crippen LogP contribution >= 0.6 is 0 Å². The largest absolute Gasteiger partial charge is 0.354 e. The summed E-state index contributed by atoms with van der Waals surface area (Å²) in [5, 5.41) is 0. The zero-order valence-corrected chi connectivity index (χ0v) is 11.6. The van der Waals surface area contributed by atoms with E-state index >= 15 is 0 Å². The van der Waals surface area contributed by atoms with E-state index in [4.69, 9.17) is 0 Å². The van der Waals surface area contributed by atoms with Crippen molar-refractivity contribution in [2.75, 3.05) is 6.54 Å². The van der Waals surface area contributed by atoms with Crippen LogP contribution in [-0.2, 0) is 7.05 Å². The molecule has 17 heavy (non-hydrogen) atoms. The molecule has 6 atom stereocenters. The number of hydrogen-bond donors (Lipinski definition) is 0. The zero-order valence-electron chi connectivity index (χ0n) is 11.6. The Kier molecular flexibility index (Phi) is 2.25. The molecule has 2 fully saturated rings. The van der Waals surface area contributed by atoms with Crippen molar-refractivity contribution in [3.8, 4) is 0 Å². The molecule has 1 aromatic heterocycles. The standard InChI is InChI=1S/C15H24N2/c1-10-11(2)17-9-15(10,4)14(12(17)3)13-7-6-8-16(13)5/h6-8,10-12,14H,9H2,1-5H3. The van der Waals surface area contributed by atoms with Gasteiger partial charge >= 0.3 is 0 Å². The van der Waals surface area contributed by atoms with E-state index in [1.807, 2.05) is 0 Å². The molecule has 2 aliphatic heterocycles. The van der Waals surface area contributed by atoms with Crippen LogP contribution in [0.5, 0.6) is 0 Å². The van der Waals surface area contributed by atoms with E-state index in [0.717, 1.165) is 12.0 Å². The minimum atomic E-state index is 0.449. The van der Waals surface area contributed by atoms with Gasteiger partial charge < -0.3 is 4.57 Å². The lowest BCUT2D eigenvalue weighted by Gasteiger charge is -2.43. The maximum absolute atomic E-state index is 2.71. The lowest BCUT2D eigenvalue weighted by Crippen LogP contribution is -2.45. The Morgan fingerprint density at radius 1 is 1.24 bits per heavy atom. The fraction of sp³-hybridized carbons (Fsp3) is 0.733. The van der Waals surface area contributed by atoms with Crippen LogP contribution in [0.4, 0.5) is 0 Å². The molecule has 2 heteroatoms. The molecule has 0 amide bonds. The second-order valence-electron chi connectivity index (χ2n) is 6.47. The highest BCUT2D eigenvalue weighted by molar-refractivity contribution is 5.26. The molecule has 0 saturated carbocycles. The molecule has 3 rings (SSSR count). The summed E-state index contributed by atoms with van der Waals surface area (Å²) in [5.74, 6) is 1.48. The zero-order chi connectivity index (χ0) is 12.4. The summed E-state index contributed by atoms with van der Waals surface area (Å²) < 4.78 is 2.31. The summed E-state index contributed by atoms with van der Waals surface area (Å²) in [5.41, 5.74) is 1.96. The first-order chi connectivity index (χ1) is 7.97. The third-order valence-corrected chi connectivity index (χ3v) is 5.83. The van der Waals surface area contributed by atoms with E-state index < -0.39 is 0 Å². The molecular formula is C15H24N2. The molecule has 2 bridgehead atoms. The summed E-state index contributed by atoms with van der Waals surface area (Å²) >= 11 is 0. The van der Waals surface area contributed by atoms with E-state index in [1.54, 1.807) is 0 Å². The van der Waals surface area contributed by atoms with E-state index in [0.29, 0.717) is 17.4 Å². The van der Waals surface area contributed by atoms with Crippen LogP contribution < -0.4 is 0 Å². The quantitative estimate of drug-likeness (QED) is 0.723. The van der Waals surface area contributed by atoms with E-state index in [2.05, 4.69) is 62.5 Å². The van der Waals surface area contributed by atoms with E-state index in [9.17, 15) is 0 Å². The monoisotopic (exact) mass is 232 g/mol. The molecule has 0 aromatic carbocycles. The molecule has 0 radical (unpaired) electrons. The molecule has 3 heterocycles. The lowest BCUT2D eigenvalue weighted by molar-refractivity contribution is 0.109. The van der Waals surface area contributed by atoms with E-state index in [-0.39, 0.29) is 0 Å². The van der Waals surface area contributed by atoms with Gasteiger partial charge in [0, 0.05) is 43.5 Å².